The number of amides is 1. The Morgan fingerprint density at radius 3 is 2.53 bits per heavy atom. The molecule has 17 heavy (non-hydrogen) atoms. The normalized spacial score (nSPS) is 11.9. The first kappa shape index (κ1) is 13.0. The van der Waals surface area contributed by atoms with E-state index in [9.17, 15) is 14.4 Å². The lowest BCUT2D eigenvalue weighted by Gasteiger charge is -2.23. The summed E-state index contributed by atoms with van der Waals surface area (Å²) in [7, 11) is 1.40. The van der Waals surface area contributed by atoms with Crippen LogP contribution in [0, 0.1) is 0 Å². The standard InChI is InChI=1S/C11H13NO5/c1-3-8(11(15)16)12(2)10(14)7-4-5-9(13)17-6-7/h4-6,8H,3H2,1-2H3,(H,15,16). The molecular formula is C11H13NO5. The van der Waals surface area contributed by atoms with Gasteiger partial charge in [0.15, 0.2) is 0 Å². The average Bonchev–Trinajstić information content (AvgIpc) is 2.29. The molecule has 0 aliphatic carbocycles. The van der Waals surface area contributed by atoms with Crippen molar-refractivity contribution in [2.75, 3.05) is 7.05 Å². The van der Waals surface area contributed by atoms with Crippen molar-refractivity contribution in [3.8, 4) is 0 Å². The summed E-state index contributed by atoms with van der Waals surface area (Å²) in [5.41, 5.74) is -0.415. The van der Waals surface area contributed by atoms with Gasteiger partial charge in [0.2, 0.25) is 0 Å². The maximum absolute atomic E-state index is 11.9. The van der Waals surface area contributed by atoms with E-state index in [4.69, 9.17) is 5.11 Å². The first-order chi connectivity index (χ1) is 7.97. The van der Waals surface area contributed by atoms with Gasteiger partial charge < -0.3 is 14.4 Å². The summed E-state index contributed by atoms with van der Waals surface area (Å²) in [5, 5.41) is 8.92. The highest BCUT2D eigenvalue weighted by Gasteiger charge is 2.25. The van der Waals surface area contributed by atoms with E-state index >= 15 is 0 Å². The molecule has 1 amide bonds. The summed E-state index contributed by atoms with van der Waals surface area (Å²) in [6, 6.07) is 1.52. The number of rotatable bonds is 4. The van der Waals surface area contributed by atoms with Crippen molar-refractivity contribution in [3.63, 3.8) is 0 Å². The van der Waals surface area contributed by atoms with Crippen LogP contribution in [-0.4, -0.2) is 35.0 Å². The van der Waals surface area contributed by atoms with Gasteiger partial charge in [-0.15, -0.1) is 0 Å². The SMILES string of the molecule is CCC(C(=O)O)N(C)C(=O)c1ccc(=O)oc1. The van der Waals surface area contributed by atoms with Crippen molar-refractivity contribution < 1.29 is 19.1 Å². The Kier molecular flexibility index (Phi) is 4.03. The van der Waals surface area contributed by atoms with Crippen LogP contribution in [0.2, 0.25) is 0 Å². The quantitative estimate of drug-likeness (QED) is 0.830. The van der Waals surface area contributed by atoms with E-state index in [-0.39, 0.29) is 5.56 Å². The topological polar surface area (TPSA) is 87.8 Å². The lowest BCUT2D eigenvalue weighted by Crippen LogP contribution is -2.42. The highest BCUT2D eigenvalue weighted by atomic mass is 16.4. The van der Waals surface area contributed by atoms with E-state index < -0.39 is 23.5 Å². The zero-order valence-electron chi connectivity index (χ0n) is 9.54. The molecule has 0 saturated heterocycles. The monoisotopic (exact) mass is 239 g/mol. The fourth-order valence-electron chi connectivity index (χ4n) is 1.44. The highest BCUT2D eigenvalue weighted by Crippen LogP contribution is 2.08. The van der Waals surface area contributed by atoms with E-state index in [1.807, 2.05) is 0 Å². The maximum atomic E-state index is 11.9. The van der Waals surface area contributed by atoms with Gasteiger partial charge in [-0.05, 0) is 12.5 Å². The van der Waals surface area contributed by atoms with Crippen LogP contribution in [-0.2, 0) is 4.79 Å². The largest absolute Gasteiger partial charge is 0.480 e. The molecule has 92 valence electrons. The van der Waals surface area contributed by atoms with Crippen LogP contribution in [0.1, 0.15) is 23.7 Å². The molecule has 0 aliphatic rings. The predicted molar refractivity (Wildman–Crippen MR) is 58.8 cm³/mol. The van der Waals surface area contributed by atoms with E-state index in [0.717, 1.165) is 17.2 Å². The number of hydrogen-bond acceptors (Lipinski definition) is 4. The number of carbonyl (C=O) groups is 2. The van der Waals surface area contributed by atoms with Gasteiger partial charge in [0.25, 0.3) is 5.91 Å². The Hall–Kier alpha value is -2.11. The van der Waals surface area contributed by atoms with Crippen molar-refractivity contribution in [1.82, 2.24) is 4.90 Å². The molecule has 1 N–H and O–H groups in total. The molecule has 6 heteroatoms. The number of carboxylic acid groups (broad SMARTS) is 1. The molecule has 0 fully saturated rings. The number of nitrogens with zero attached hydrogens (tertiary/aromatic N) is 1. The number of likely N-dealkylation sites (N-methyl/N-ethyl adjacent to an activating group) is 1. The zero-order valence-corrected chi connectivity index (χ0v) is 9.54. The molecule has 1 heterocycles. The van der Waals surface area contributed by atoms with Crippen LogP contribution >= 0.6 is 0 Å². The lowest BCUT2D eigenvalue weighted by molar-refractivity contribution is -0.142. The van der Waals surface area contributed by atoms with Crippen molar-refractivity contribution in [1.29, 1.82) is 0 Å². The van der Waals surface area contributed by atoms with Crippen molar-refractivity contribution >= 4 is 11.9 Å². The minimum atomic E-state index is -1.07. The molecule has 0 spiro atoms. The third kappa shape index (κ3) is 2.93. The Labute approximate surface area is 97.5 Å². The Balaban J connectivity index is 2.92. The number of aliphatic carboxylic acids is 1. The van der Waals surface area contributed by atoms with Crippen LogP contribution in [0.4, 0.5) is 0 Å². The van der Waals surface area contributed by atoms with Gasteiger partial charge in [-0.1, -0.05) is 6.92 Å². The van der Waals surface area contributed by atoms with Gasteiger partial charge in [0.1, 0.15) is 12.3 Å². The smallest absolute Gasteiger partial charge is 0.335 e. The third-order valence-electron chi connectivity index (χ3n) is 2.41. The molecule has 0 saturated carbocycles. The average molecular weight is 239 g/mol. The minimum absolute atomic E-state index is 0.145. The van der Waals surface area contributed by atoms with E-state index in [1.165, 1.54) is 13.1 Å². The summed E-state index contributed by atoms with van der Waals surface area (Å²) in [6.45, 7) is 1.67. The highest BCUT2D eigenvalue weighted by molar-refractivity contribution is 5.95. The second kappa shape index (κ2) is 5.29. The molecule has 6 nitrogen and oxygen atoms in total. The van der Waals surface area contributed by atoms with Gasteiger partial charge in [-0.2, -0.15) is 0 Å². The van der Waals surface area contributed by atoms with Gasteiger partial charge in [-0.3, -0.25) is 4.79 Å². The van der Waals surface area contributed by atoms with Crippen LogP contribution in [0.5, 0.6) is 0 Å². The minimum Gasteiger partial charge on any atom is -0.480 e. The first-order valence-electron chi connectivity index (χ1n) is 5.06. The predicted octanol–water partition coefficient (Wildman–Crippen LogP) is 0.575. The second-order valence-corrected chi connectivity index (χ2v) is 3.52. The second-order valence-electron chi connectivity index (χ2n) is 3.52. The number of carboxylic acids is 1. The fourth-order valence-corrected chi connectivity index (χ4v) is 1.44. The molecule has 1 aromatic heterocycles. The Morgan fingerprint density at radius 2 is 2.12 bits per heavy atom. The molecule has 0 aliphatic heterocycles. The van der Waals surface area contributed by atoms with Crippen LogP contribution in [0.3, 0.4) is 0 Å². The summed E-state index contributed by atoms with van der Waals surface area (Å²) in [6.07, 6.45) is 1.32. The zero-order chi connectivity index (χ0) is 13.0. The lowest BCUT2D eigenvalue weighted by atomic mass is 10.1. The van der Waals surface area contributed by atoms with Crippen molar-refractivity contribution in [3.05, 3.63) is 34.4 Å². The van der Waals surface area contributed by atoms with Gasteiger partial charge in [-0.25, -0.2) is 9.59 Å². The van der Waals surface area contributed by atoms with E-state index in [1.54, 1.807) is 6.92 Å². The Bertz CT molecular complexity index is 459. The van der Waals surface area contributed by atoms with Crippen LogP contribution in [0.15, 0.2) is 27.6 Å². The van der Waals surface area contributed by atoms with Crippen molar-refractivity contribution in [2.45, 2.75) is 19.4 Å². The fraction of sp³-hybridized carbons (Fsp3) is 0.364. The van der Waals surface area contributed by atoms with Gasteiger partial charge >= 0.3 is 11.6 Å². The molecule has 1 rings (SSSR count). The van der Waals surface area contributed by atoms with Gasteiger partial charge in [0.05, 0.1) is 5.56 Å². The van der Waals surface area contributed by atoms with Crippen molar-refractivity contribution in [2.24, 2.45) is 0 Å². The van der Waals surface area contributed by atoms with E-state index in [0.29, 0.717) is 6.42 Å². The molecular weight excluding hydrogens is 226 g/mol. The van der Waals surface area contributed by atoms with Crippen LogP contribution < -0.4 is 5.63 Å². The number of carbonyl (C=O) groups excluding carboxylic acids is 1. The summed E-state index contributed by atoms with van der Waals surface area (Å²) < 4.78 is 4.55. The van der Waals surface area contributed by atoms with Gasteiger partial charge in [0, 0.05) is 13.1 Å². The molecule has 0 aromatic carbocycles. The molecule has 1 unspecified atom stereocenters. The summed E-state index contributed by atoms with van der Waals surface area (Å²) >= 11 is 0. The summed E-state index contributed by atoms with van der Waals surface area (Å²) in [4.78, 5) is 34.6. The van der Waals surface area contributed by atoms with Crippen LogP contribution in [0.25, 0.3) is 0 Å². The molecule has 0 bridgehead atoms. The number of hydrogen-bond donors (Lipinski definition) is 1. The summed E-state index contributed by atoms with van der Waals surface area (Å²) in [5.74, 6) is -1.57. The third-order valence-corrected chi connectivity index (χ3v) is 2.41. The maximum Gasteiger partial charge on any atom is 0.335 e. The Morgan fingerprint density at radius 1 is 1.47 bits per heavy atom. The molecule has 1 aromatic rings. The molecule has 1 atom stereocenters. The molecule has 0 radical (unpaired) electrons. The first-order valence-corrected chi connectivity index (χ1v) is 5.06. The van der Waals surface area contributed by atoms with E-state index in [2.05, 4.69) is 4.42 Å².